The van der Waals surface area contributed by atoms with Gasteiger partial charge in [-0.25, -0.2) is 0 Å². The van der Waals surface area contributed by atoms with Crippen LogP contribution in [0.1, 0.15) is 35.2 Å². The molecule has 0 N–H and O–H groups in total. The van der Waals surface area contributed by atoms with Crippen molar-refractivity contribution in [3.8, 4) is 0 Å². The normalized spacial score (nSPS) is 22.1. The van der Waals surface area contributed by atoms with Crippen LogP contribution in [0.25, 0.3) is 0 Å². The summed E-state index contributed by atoms with van der Waals surface area (Å²) in [5, 5.41) is 11.2. The van der Waals surface area contributed by atoms with Crippen LogP contribution in [-0.2, 0) is 11.2 Å². The Balaban J connectivity index is 1.42. The minimum Gasteiger partial charge on any atom is -0.619 e. The average Bonchev–Trinajstić information content (AvgIpc) is 3.15. The van der Waals surface area contributed by atoms with Gasteiger partial charge in [0.25, 0.3) is 5.91 Å². The Hall–Kier alpha value is -2.89. The van der Waals surface area contributed by atoms with Crippen LogP contribution in [0.3, 0.4) is 0 Å². The first-order valence-corrected chi connectivity index (χ1v) is 9.89. The van der Waals surface area contributed by atoms with Crippen LogP contribution in [0.15, 0.2) is 54.9 Å². The van der Waals surface area contributed by atoms with Crippen molar-refractivity contribution >= 4 is 11.8 Å². The van der Waals surface area contributed by atoms with Crippen LogP contribution in [0, 0.1) is 10.6 Å². The minimum absolute atomic E-state index is 0.105. The molecule has 6 nitrogen and oxygen atoms in total. The summed E-state index contributed by atoms with van der Waals surface area (Å²) in [7, 11) is 0. The van der Waals surface area contributed by atoms with Gasteiger partial charge in [0.05, 0.1) is 11.0 Å². The highest BCUT2D eigenvalue weighted by atomic mass is 16.5. The van der Waals surface area contributed by atoms with Gasteiger partial charge in [0, 0.05) is 38.3 Å². The van der Waals surface area contributed by atoms with Gasteiger partial charge in [0.2, 0.25) is 5.91 Å². The van der Waals surface area contributed by atoms with E-state index in [-0.39, 0.29) is 11.8 Å². The Morgan fingerprint density at radius 1 is 1.07 bits per heavy atom. The van der Waals surface area contributed by atoms with E-state index in [1.54, 1.807) is 4.90 Å². The van der Waals surface area contributed by atoms with E-state index in [1.807, 2.05) is 23.1 Å². The van der Waals surface area contributed by atoms with E-state index in [0.717, 1.165) is 32.4 Å². The van der Waals surface area contributed by atoms with Crippen molar-refractivity contribution in [1.82, 2.24) is 9.80 Å². The zero-order chi connectivity index (χ0) is 19.6. The molecule has 2 amide bonds. The van der Waals surface area contributed by atoms with E-state index in [1.165, 1.54) is 30.1 Å². The first-order valence-electron chi connectivity index (χ1n) is 9.89. The van der Waals surface area contributed by atoms with Gasteiger partial charge in [-0.1, -0.05) is 30.3 Å². The summed E-state index contributed by atoms with van der Waals surface area (Å²) in [5.74, 6) is 0.0853. The number of carbonyl (C=O) groups is 2. The lowest BCUT2D eigenvalue weighted by molar-refractivity contribution is -0.605. The lowest BCUT2D eigenvalue weighted by atomic mass is 9.78. The van der Waals surface area contributed by atoms with Crippen LogP contribution in [0.4, 0.5) is 0 Å². The lowest BCUT2D eigenvalue weighted by Gasteiger charge is -2.39. The average molecular weight is 379 g/mol. The van der Waals surface area contributed by atoms with Crippen molar-refractivity contribution in [3.05, 3.63) is 71.2 Å². The maximum Gasteiger partial charge on any atom is 0.254 e. The predicted octanol–water partition coefficient (Wildman–Crippen LogP) is 2.02. The number of likely N-dealkylation sites (tertiary alicyclic amines) is 2. The number of piperidine rings is 1. The molecule has 28 heavy (non-hydrogen) atoms. The topological polar surface area (TPSA) is 67.6 Å². The summed E-state index contributed by atoms with van der Waals surface area (Å²) >= 11 is 0. The first-order chi connectivity index (χ1) is 13.6. The summed E-state index contributed by atoms with van der Waals surface area (Å²) in [6.45, 7) is 2.58. The molecule has 1 atom stereocenters. The van der Waals surface area contributed by atoms with Gasteiger partial charge in [-0.15, -0.1) is 0 Å². The Morgan fingerprint density at radius 3 is 2.57 bits per heavy atom. The SMILES string of the molecule is O=C(c1cc[n+]([O-])cc1)N1CC[C@@]2(CCCN(CCc3ccccc3)C2=O)C1. The van der Waals surface area contributed by atoms with E-state index < -0.39 is 5.41 Å². The van der Waals surface area contributed by atoms with Crippen molar-refractivity contribution in [2.24, 2.45) is 5.41 Å². The molecule has 0 radical (unpaired) electrons. The van der Waals surface area contributed by atoms with Crippen LogP contribution in [-0.4, -0.2) is 47.8 Å². The summed E-state index contributed by atoms with van der Waals surface area (Å²) in [6.07, 6.45) is 6.04. The number of rotatable bonds is 4. The molecule has 2 aliphatic rings. The fourth-order valence-electron chi connectivity index (χ4n) is 4.44. The highest BCUT2D eigenvalue weighted by Gasteiger charge is 2.49. The monoisotopic (exact) mass is 379 g/mol. The van der Waals surface area contributed by atoms with E-state index >= 15 is 0 Å². The number of carbonyl (C=O) groups excluding carboxylic acids is 2. The molecule has 146 valence electrons. The fraction of sp³-hybridized carbons (Fsp3) is 0.409. The standard InChI is InChI=1S/C22H25N3O3/c26-20(19-8-14-25(28)15-9-19)24-16-11-22(17-24)10-4-12-23(21(22)27)13-7-18-5-2-1-3-6-18/h1-3,5-6,8-9,14-15H,4,7,10-13,16-17H2/t22-/m0/s1. The molecule has 2 aliphatic heterocycles. The summed E-state index contributed by atoms with van der Waals surface area (Å²) in [6, 6.07) is 13.3. The van der Waals surface area contributed by atoms with Crippen molar-refractivity contribution in [3.63, 3.8) is 0 Å². The lowest BCUT2D eigenvalue weighted by Crippen LogP contribution is -2.50. The fourth-order valence-corrected chi connectivity index (χ4v) is 4.44. The summed E-state index contributed by atoms with van der Waals surface area (Å²) in [4.78, 5) is 29.8. The third-order valence-corrected chi connectivity index (χ3v) is 6.03. The number of hydrogen-bond donors (Lipinski definition) is 0. The summed E-state index contributed by atoms with van der Waals surface area (Å²) in [5.41, 5.74) is 1.28. The van der Waals surface area contributed by atoms with Gasteiger partial charge in [-0.3, -0.25) is 9.59 Å². The maximum atomic E-state index is 13.3. The third kappa shape index (κ3) is 3.59. The van der Waals surface area contributed by atoms with E-state index in [4.69, 9.17) is 0 Å². The van der Waals surface area contributed by atoms with E-state index in [9.17, 15) is 14.8 Å². The molecule has 1 aromatic heterocycles. The first kappa shape index (κ1) is 18.5. The smallest absolute Gasteiger partial charge is 0.254 e. The van der Waals surface area contributed by atoms with Crippen LogP contribution >= 0.6 is 0 Å². The van der Waals surface area contributed by atoms with Gasteiger partial charge in [-0.2, -0.15) is 4.73 Å². The molecule has 0 bridgehead atoms. The van der Waals surface area contributed by atoms with Gasteiger partial charge in [0.15, 0.2) is 12.4 Å². The molecular formula is C22H25N3O3. The molecule has 1 aromatic carbocycles. The van der Waals surface area contributed by atoms with Crippen molar-refractivity contribution < 1.29 is 14.3 Å². The number of amides is 2. The molecule has 1 spiro atoms. The highest BCUT2D eigenvalue weighted by molar-refractivity contribution is 5.95. The minimum atomic E-state index is -0.447. The summed E-state index contributed by atoms with van der Waals surface area (Å²) < 4.78 is 0.664. The molecule has 2 saturated heterocycles. The molecule has 0 unspecified atom stereocenters. The number of aromatic nitrogens is 1. The van der Waals surface area contributed by atoms with Crippen molar-refractivity contribution in [2.45, 2.75) is 25.7 Å². The van der Waals surface area contributed by atoms with Crippen molar-refractivity contribution in [2.75, 3.05) is 26.2 Å². The molecule has 0 saturated carbocycles. The van der Waals surface area contributed by atoms with Gasteiger partial charge in [-0.05, 0) is 31.2 Å². The van der Waals surface area contributed by atoms with E-state index in [2.05, 4.69) is 12.1 Å². The van der Waals surface area contributed by atoms with Crippen molar-refractivity contribution in [1.29, 1.82) is 0 Å². The molecule has 2 aromatic rings. The second kappa shape index (κ2) is 7.62. The Morgan fingerprint density at radius 2 is 1.82 bits per heavy atom. The Kier molecular flexibility index (Phi) is 5.03. The maximum absolute atomic E-state index is 13.3. The molecule has 4 rings (SSSR count). The number of hydrogen-bond acceptors (Lipinski definition) is 3. The molecule has 3 heterocycles. The van der Waals surface area contributed by atoms with Gasteiger partial charge < -0.3 is 15.0 Å². The zero-order valence-corrected chi connectivity index (χ0v) is 15.9. The quantitative estimate of drug-likeness (QED) is 0.603. The molecule has 2 fully saturated rings. The number of nitrogens with zero attached hydrogens (tertiary/aromatic N) is 3. The molecular weight excluding hydrogens is 354 g/mol. The Bertz CT molecular complexity index is 853. The Labute approximate surface area is 165 Å². The number of benzene rings is 1. The second-order valence-corrected chi connectivity index (χ2v) is 7.84. The predicted molar refractivity (Wildman–Crippen MR) is 104 cm³/mol. The van der Waals surface area contributed by atoms with E-state index in [0.29, 0.717) is 29.8 Å². The van der Waals surface area contributed by atoms with Crippen LogP contribution in [0.5, 0.6) is 0 Å². The second-order valence-electron chi connectivity index (χ2n) is 7.84. The van der Waals surface area contributed by atoms with Crippen LogP contribution < -0.4 is 4.73 Å². The third-order valence-electron chi connectivity index (χ3n) is 6.03. The molecule has 6 heteroatoms. The highest BCUT2D eigenvalue weighted by Crippen LogP contribution is 2.40. The van der Waals surface area contributed by atoms with Gasteiger partial charge >= 0.3 is 0 Å². The van der Waals surface area contributed by atoms with Crippen LogP contribution in [0.2, 0.25) is 0 Å². The van der Waals surface area contributed by atoms with Gasteiger partial charge in [0.1, 0.15) is 0 Å². The number of pyridine rings is 1. The molecule has 0 aliphatic carbocycles. The largest absolute Gasteiger partial charge is 0.619 e. The zero-order valence-electron chi connectivity index (χ0n) is 15.9.